The molecule has 0 radical (unpaired) electrons. The molecule has 17 heavy (non-hydrogen) atoms. The van der Waals surface area contributed by atoms with E-state index in [1.54, 1.807) is 24.3 Å². The molecule has 0 aliphatic carbocycles. The molecule has 0 spiro atoms. The summed E-state index contributed by atoms with van der Waals surface area (Å²) in [5.74, 6) is -0.923. The molecule has 5 heteroatoms. The zero-order valence-corrected chi connectivity index (χ0v) is 9.58. The lowest BCUT2D eigenvalue weighted by atomic mass is 10.1. The van der Waals surface area contributed by atoms with Gasteiger partial charge in [0.05, 0.1) is 12.8 Å². The minimum atomic E-state index is -1.04. The first-order chi connectivity index (χ1) is 8.07. The second kappa shape index (κ2) is 4.18. The van der Waals surface area contributed by atoms with E-state index < -0.39 is 18.1 Å². The third-order valence-electron chi connectivity index (χ3n) is 2.87. The Labute approximate surface area is 98.6 Å². The maximum atomic E-state index is 11.6. The number of nitrogens with zero attached hydrogens (tertiary/aromatic N) is 1. The molecule has 0 unspecified atom stereocenters. The molecule has 1 aromatic carbocycles. The Morgan fingerprint density at radius 1 is 1.35 bits per heavy atom. The number of anilines is 1. The van der Waals surface area contributed by atoms with Crippen molar-refractivity contribution in [3.63, 3.8) is 0 Å². The summed E-state index contributed by atoms with van der Waals surface area (Å²) in [5, 5.41) is 10.1. The predicted octanol–water partition coefficient (Wildman–Crippen LogP) is 0.628. The van der Waals surface area contributed by atoms with Crippen LogP contribution in [0.1, 0.15) is 18.6 Å². The average Bonchev–Trinajstić information content (AvgIpc) is 2.62. The average molecular weight is 235 g/mol. The summed E-state index contributed by atoms with van der Waals surface area (Å²) in [7, 11) is 1.23. The highest BCUT2D eigenvalue weighted by molar-refractivity contribution is 6.01. The molecule has 1 aliphatic rings. The number of carbonyl (C=O) groups is 2. The molecule has 0 bridgehead atoms. The van der Waals surface area contributed by atoms with Gasteiger partial charge in [-0.1, -0.05) is 18.2 Å². The Morgan fingerprint density at radius 2 is 2.00 bits per heavy atom. The molecule has 2 rings (SSSR count). The fourth-order valence-corrected chi connectivity index (χ4v) is 2.14. The Morgan fingerprint density at radius 3 is 2.59 bits per heavy atom. The Kier molecular flexibility index (Phi) is 2.85. The number of hydrogen-bond acceptors (Lipinski definition) is 4. The van der Waals surface area contributed by atoms with Gasteiger partial charge in [0.1, 0.15) is 6.10 Å². The monoisotopic (exact) mass is 235 g/mol. The number of hydrogen-bond donors (Lipinski definition) is 1. The fourth-order valence-electron chi connectivity index (χ4n) is 2.14. The molecule has 0 aromatic heterocycles. The molecule has 0 saturated carbocycles. The number of benzene rings is 1. The molecular formula is C12H13NO4. The van der Waals surface area contributed by atoms with E-state index in [1.807, 2.05) is 0 Å². The Bertz CT molecular complexity index is 471. The zero-order valence-electron chi connectivity index (χ0n) is 9.58. The van der Waals surface area contributed by atoms with Crippen LogP contribution >= 0.6 is 0 Å². The van der Waals surface area contributed by atoms with Crippen LogP contribution in [0.25, 0.3) is 0 Å². The van der Waals surface area contributed by atoms with E-state index >= 15 is 0 Å². The van der Waals surface area contributed by atoms with Crippen LogP contribution in [-0.4, -0.2) is 30.1 Å². The number of aliphatic hydroxyl groups excluding tert-OH is 1. The van der Waals surface area contributed by atoms with E-state index in [4.69, 9.17) is 0 Å². The highest BCUT2D eigenvalue weighted by Gasteiger charge is 2.44. The maximum absolute atomic E-state index is 11.6. The quantitative estimate of drug-likeness (QED) is 0.725. The van der Waals surface area contributed by atoms with Crippen LogP contribution in [-0.2, 0) is 14.3 Å². The van der Waals surface area contributed by atoms with Crippen molar-refractivity contribution in [3.05, 3.63) is 29.8 Å². The van der Waals surface area contributed by atoms with Gasteiger partial charge in [0.15, 0.2) is 6.04 Å². The third kappa shape index (κ3) is 1.68. The third-order valence-corrected chi connectivity index (χ3v) is 2.87. The van der Waals surface area contributed by atoms with E-state index in [2.05, 4.69) is 4.74 Å². The maximum Gasteiger partial charge on any atom is 0.332 e. The fraction of sp³-hybridized carbons (Fsp3) is 0.333. The highest BCUT2D eigenvalue weighted by Crippen LogP contribution is 2.39. The second-order valence-electron chi connectivity index (χ2n) is 3.86. The lowest BCUT2D eigenvalue weighted by Gasteiger charge is -2.23. The molecule has 90 valence electrons. The topological polar surface area (TPSA) is 66.8 Å². The second-order valence-corrected chi connectivity index (χ2v) is 3.86. The van der Waals surface area contributed by atoms with Gasteiger partial charge in [0.25, 0.3) is 0 Å². The number of rotatable bonds is 1. The van der Waals surface area contributed by atoms with Gasteiger partial charge in [-0.25, -0.2) is 4.79 Å². The number of amides is 1. The van der Waals surface area contributed by atoms with Crippen LogP contribution in [0.15, 0.2) is 24.3 Å². The zero-order chi connectivity index (χ0) is 12.6. The molecular weight excluding hydrogens is 222 g/mol. The molecule has 1 heterocycles. The van der Waals surface area contributed by atoms with E-state index in [-0.39, 0.29) is 5.91 Å². The summed E-state index contributed by atoms with van der Waals surface area (Å²) in [5.41, 5.74) is 1.13. The summed E-state index contributed by atoms with van der Waals surface area (Å²) in [6.07, 6.45) is -1.04. The number of aliphatic hydroxyl groups is 1. The van der Waals surface area contributed by atoms with E-state index in [9.17, 15) is 14.7 Å². The minimum absolute atomic E-state index is 0.301. The van der Waals surface area contributed by atoms with Crippen molar-refractivity contribution in [2.45, 2.75) is 19.1 Å². The minimum Gasteiger partial charge on any atom is -0.467 e. The van der Waals surface area contributed by atoms with Gasteiger partial charge < -0.3 is 9.84 Å². The number of fused-ring (bicyclic) bond motifs is 1. The molecule has 1 N–H and O–H groups in total. The number of methoxy groups -OCH3 is 1. The molecule has 1 aromatic rings. The van der Waals surface area contributed by atoms with E-state index in [0.29, 0.717) is 11.3 Å². The number of carbonyl (C=O) groups excluding carboxylic acids is 2. The predicted molar refractivity (Wildman–Crippen MR) is 60.4 cm³/mol. The van der Waals surface area contributed by atoms with Gasteiger partial charge in [-0.2, -0.15) is 0 Å². The lowest BCUT2D eigenvalue weighted by molar-refractivity contribution is -0.146. The van der Waals surface area contributed by atoms with Gasteiger partial charge >= 0.3 is 5.97 Å². The lowest BCUT2D eigenvalue weighted by Crippen LogP contribution is -2.44. The Hall–Kier alpha value is -1.88. The molecule has 1 amide bonds. The number of para-hydroxylation sites is 1. The van der Waals surface area contributed by atoms with Gasteiger partial charge in [-0.15, -0.1) is 0 Å². The largest absolute Gasteiger partial charge is 0.467 e. The Balaban J connectivity index is 2.51. The van der Waals surface area contributed by atoms with Gasteiger partial charge in [0, 0.05) is 12.5 Å². The number of ether oxygens (including phenoxy) is 1. The molecule has 0 fully saturated rings. The van der Waals surface area contributed by atoms with E-state index in [0.717, 1.165) is 0 Å². The van der Waals surface area contributed by atoms with Crippen molar-refractivity contribution in [2.75, 3.05) is 12.0 Å². The summed E-state index contributed by atoms with van der Waals surface area (Å²) in [6, 6.07) is 5.90. The van der Waals surface area contributed by atoms with Crippen LogP contribution < -0.4 is 4.90 Å². The first-order valence-electron chi connectivity index (χ1n) is 5.22. The molecule has 5 nitrogen and oxygen atoms in total. The van der Waals surface area contributed by atoms with Gasteiger partial charge in [-0.3, -0.25) is 9.69 Å². The van der Waals surface area contributed by atoms with Crippen LogP contribution in [0.4, 0.5) is 5.69 Å². The van der Waals surface area contributed by atoms with Crippen molar-refractivity contribution in [2.24, 2.45) is 0 Å². The number of esters is 1. The summed E-state index contributed by atoms with van der Waals surface area (Å²) in [4.78, 5) is 24.5. The standard InChI is InChI=1S/C12H13NO4/c1-7(14)13-9-6-4-3-5-8(9)11(15)10(13)12(16)17-2/h3-6,10-11,15H,1-2H3/t10-,11+/m0/s1. The SMILES string of the molecule is COC(=O)[C@@H]1[C@H](O)c2ccccc2N1C(C)=O. The molecule has 1 aliphatic heterocycles. The van der Waals surface area contributed by atoms with Crippen molar-refractivity contribution in [1.29, 1.82) is 0 Å². The smallest absolute Gasteiger partial charge is 0.332 e. The van der Waals surface area contributed by atoms with Crippen LogP contribution in [0, 0.1) is 0 Å². The van der Waals surface area contributed by atoms with Crippen molar-refractivity contribution in [1.82, 2.24) is 0 Å². The highest BCUT2D eigenvalue weighted by atomic mass is 16.5. The van der Waals surface area contributed by atoms with E-state index in [1.165, 1.54) is 18.9 Å². The van der Waals surface area contributed by atoms with Gasteiger partial charge in [-0.05, 0) is 6.07 Å². The first-order valence-corrected chi connectivity index (χ1v) is 5.22. The van der Waals surface area contributed by atoms with Gasteiger partial charge in [0.2, 0.25) is 5.91 Å². The summed E-state index contributed by atoms with van der Waals surface area (Å²) in [6.45, 7) is 1.35. The summed E-state index contributed by atoms with van der Waals surface area (Å²) >= 11 is 0. The van der Waals surface area contributed by atoms with Crippen LogP contribution in [0.2, 0.25) is 0 Å². The normalized spacial score (nSPS) is 22.2. The van der Waals surface area contributed by atoms with Crippen LogP contribution in [0.3, 0.4) is 0 Å². The summed E-state index contributed by atoms with van der Waals surface area (Å²) < 4.78 is 4.62. The van der Waals surface area contributed by atoms with Crippen LogP contribution in [0.5, 0.6) is 0 Å². The first kappa shape index (κ1) is 11.6. The molecule has 0 saturated heterocycles. The molecule has 2 atom stereocenters. The van der Waals surface area contributed by atoms with Crippen molar-refractivity contribution < 1.29 is 19.4 Å². The van der Waals surface area contributed by atoms with Crippen molar-refractivity contribution >= 4 is 17.6 Å². The van der Waals surface area contributed by atoms with Crippen molar-refractivity contribution in [3.8, 4) is 0 Å².